The van der Waals surface area contributed by atoms with Gasteiger partial charge in [-0.15, -0.1) is 0 Å². The summed E-state index contributed by atoms with van der Waals surface area (Å²) in [6.45, 7) is 3.72. The molecule has 1 N–H and O–H groups in total. The maximum Gasteiger partial charge on any atom is 0.211 e. The number of nitrogens with zero attached hydrogens (tertiary/aromatic N) is 1. The van der Waals surface area contributed by atoms with Gasteiger partial charge < -0.3 is 14.2 Å². The third kappa shape index (κ3) is 4.65. The van der Waals surface area contributed by atoms with Crippen LogP contribution in [0.1, 0.15) is 22.7 Å². The van der Waals surface area contributed by atoms with Crippen molar-refractivity contribution < 1.29 is 13.6 Å². The van der Waals surface area contributed by atoms with Crippen LogP contribution in [-0.4, -0.2) is 36.9 Å². The average Bonchev–Trinajstić information content (AvgIpc) is 3.45. The molecular formula is C24H22Cl2N2O3. The minimum Gasteiger partial charge on any atom is -0.460 e. The number of nitrogens with one attached hydrogen (secondary N) is 1. The first kappa shape index (κ1) is 20.6. The Morgan fingerprint density at radius 2 is 1.71 bits per heavy atom. The van der Waals surface area contributed by atoms with E-state index in [1.165, 1.54) is 0 Å². The summed E-state index contributed by atoms with van der Waals surface area (Å²) in [6.07, 6.45) is 1.06. The number of rotatable bonds is 7. The summed E-state index contributed by atoms with van der Waals surface area (Å²) >= 11 is 12.1. The zero-order valence-corrected chi connectivity index (χ0v) is 18.4. The lowest BCUT2D eigenvalue weighted by molar-refractivity contribution is 0.0918. The van der Waals surface area contributed by atoms with Gasteiger partial charge in [-0.1, -0.05) is 23.2 Å². The Morgan fingerprint density at radius 3 is 2.48 bits per heavy atom. The smallest absolute Gasteiger partial charge is 0.211 e. The van der Waals surface area contributed by atoms with Crippen molar-refractivity contribution in [2.45, 2.75) is 13.0 Å². The van der Waals surface area contributed by atoms with E-state index in [0.29, 0.717) is 40.4 Å². The molecule has 5 rings (SSSR count). The Hall–Kier alpha value is -2.31. The van der Waals surface area contributed by atoms with Crippen LogP contribution in [0, 0.1) is 5.92 Å². The number of Topliss-reactive ketones (excluding diaryl/α,β-unsaturated/α-hetero) is 1. The zero-order chi connectivity index (χ0) is 21.4. The SMILES string of the molecule is O=C(CN1CCC(CNCc2cc3cc(Cl)ccc3o2)C1)c1cc2cc(Cl)ccc2o1. The van der Waals surface area contributed by atoms with Gasteiger partial charge in [-0.25, -0.2) is 0 Å². The highest BCUT2D eigenvalue weighted by molar-refractivity contribution is 6.31. The zero-order valence-electron chi connectivity index (χ0n) is 16.9. The van der Waals surface area contributed by atoms with Gasteiger partial charge in [-0.2, -0.15) is 0 Å². The molecule has 1 unspecified atom stereocenters. The number of ketones is 1. The monoisotopic (exact) mass is 456 g/mol. The van der Waals surface area contributed by atoms with Crippen molar-refractivity contribution in [2.24, 2.45) is 5.92 Å². The topological polar surface area (TPSA) is 58.6 Å². The fraction of sp³-hybridized carbons (Fsp3) is 0.292. The maximum atomic E-state index is 12.7. The second-order valence-corrected chi connectivity index (χ2v) is 9.00. The number of hydrogen-bond acceptors (Lipinski definition) is 5. The lowest BCUT2D eigenvalue weighted by atomic mass is 10.1. The van der Waals surface area contributed by atoms with Crippen molar-refractivity contribution in [1.29, 1.82) is 0 Å². The van der Waals surface area contributed by atoms with Gasteiger partial charge in [0.05, 0.1) is 13.1 Å². The molecule has 0 bridgehead atoms. The number of furan rings is 2. The molecule has 0 aliphatic carbocycles. The summed E-state index contributed by atoms with van der Waals surface area (Å²) in [5.41, 5.74) is 1.53. The fourth-order valence-electron chi connectivity index (χ4n) is 4.21. The Labute approximate surface area is 189 Å². The molecule has 1 saturated heterocycles. The Kier molecular flexibility index (Phi) is 5.76. The van der Waals surface area contributed by atoms with Crippen molar-refractivity contribution in [3.8, 4) is 0 Å². The van der Waals surface area contributed by atoms with E-state index in [-0.39, 0.29) is 5.78 Å². The van der Waals surface area contributed by atoms with Crippen LogP contribution in [0.4, 0.5) is 0 Å². The number of benzene rings is 2. The van der Waals surface area contributed by atoms with E-state index in [1.807, 2.05) is 30.3 Å². The molecule has 1 fully saturated rings. The summed E-state index contributed by atoms with van der Waals surface area (Å²) in [7, 11) is 0. The lowest BCUT2D eigenvalue weighted by Crippen LogP contribution is -2.30. The van der Waals surface area contributed by atoms with E-state index >= 15 is 0 Å². The minimum atomic E-state index is 0.00173. The maximum absolute atomic E-state index is 12.7. The molecule has 3 heterocycles. The molecule has 31 heavy (non-hydrogen) atoms. The highest BCUT2D eigenvalue weighted by atomic mass is 35.5. The van der Waals surface area contributed by atoms with Gasteiger partial charge in [0, 0.05) is 27.4 Å². The third-order valence-electron chi connectivity index (χ3n) is 5.75. The molecule has 1 aliphatic rings. The first-order valence-corrected chi connectivity index (χ1v) is 11.1. The van der Waals surface area contributed by atoms with Crippen LogP contribution in [0.25, 0.3) is 21.9 Å². The largest absolute Gasteiger partial charge is 0.460 e. The van der Waals surface area contributed by atoms with Gasteiger partial charge in [0.2, 0.25) is 5.78 Å². The fourth-order valence-corrected chi connectivity index (χ4v) is 4.57. The van der Waals surface area contributed by atoms with Gasteiger partial charge in [-0.05, 0) is 74.0 Å². The summed E-state index contributed by atoms with van der Waals surface area (Å²) in [4.78, 5) is 14.9. The van der Waals surface area contributed by atoms with Gasteiger partial charge in [-0.3, -0.25) is 9.69 Å². The van der Waals surface area contributed by atoms with E-state index < -0.39 is 0 Å². The lowest BCUT2D eigenvalue weighted by Gasteiger charge is -2.14. The normalized spacial score (nSPS) is 17.2. The predicted molar refractivity (Wildman–Crippen MR) is 123 cm³/mol. The Morgan fingerprint density at radius 1 is 1.00 bits per heavy atom. The van der Waals surface area contributed by atoms with Crippen molar-refractivity contribution in [2.75, 3.05) is 26.2 Å². The summed E-state index contributed by atoms with van der Waals surface area (Å²) in [5.74, 6) is 1.79. The Balaban J connectivity index is 1.11. The van der Waals surface area contributed by atoms with E-state index in [9.17, 15) is 4.79 Å². The molecule has 0 spiro atoms. The van der Waals surface area contributed by atoms with Crippen LogP contribution < -0.4 is 5.32 Å². The van der Waals surface area contributed by atoms with Crippen LogP contribution in [0.3, 0.4) is 0 Å². The molecule has 2 aromatic heterocycles. The molecule has 0 radical (unpaired) electrons. The first-order chi connectivity index (χ1) is 15.0. The second kappa shape index (κ2) is 8.67. The molecule has 4 aromatic rings. The second-order valence-electron chi connectivity index (χ2n) is 8.13. The molecule has 1 atom stereocenters. The van der Waals surface area contributed by atoms with E-state index in [2.05, 4.69) is 10.2 Å². The summed E-state index contributed by atoms with van der Waals surface area (Å²) < 4.78 is 11.6. The van der Waals surface area contributed by atoms with Crippen LogP contribution in [-0.2, 0) is 6.54 Å². The van der Waals surface area contributed by atoms with Crippen LogP contribution in [0.5, 0.6) is 0 Å². The number of fused-ring (bicyclic) bond motifs is 2. The number of carbonyl (C=O) groups is 1. The molecule has 7 heteroatoms. The van der Waals surface area contributed by atoms with Crippen molar-refractivity contribution in [3.63, 3.8) is 0 Å². The molecule has 0 saturated carbocycles. The summed E-state index contributed by atoms with van der Waals surface area (Å²) in [5, 5.41) is 6.69. The molecule has 0 amide bonds. The van der Waals surface area contributed by atoms with Crippen molar-refractivity contribution >= 4 is 50.9 Å². The van der Waals surface area contributed by atoms with Crippen LogP contribution >= 0.6 is 23.2 Å². The van der Waals surface area contributed by atoms with Gasteiger partial charge in [0.1, 0.15) is 16.9 Å². The predicted octanol–water partition coefficient (Wildman–Crippen LogP) is 5.78. The van der Waals surface area contributed by atoms with Gasteiger partial charge in [0.25, 0.3) is 0 Å². The van der Waals surface area contributed by atoms with Gasteiger partial charge in [0.15, 0.2) is 5.76 Å². The molecular weight excluding hydrogens is 435 g/mol. The third-order valence-corrected chi connectivity index (χ3v) is 6.22. The number of halogens is 2. The molecule has 1 aliphatic heterocycles. The standard InChI is InChI=1S/C24H22Cl2N2O3/c25-18-1-3-22-16(7-18)9-20(30-22)12-27-11-15-5-6-28(13-15)14-21(29)24-10-17-8-19(26)2-4-23(17)31-24/h1-4,7-10,15,27H,5-6,11-14H2. The molecule has 5 nitrogen and oxygen atoms in total. The quantitative estimate of drug-likeness (QED) is 0.357. The molecule has 160 valence electrons. The average molecular weight is 457 g/mol. The highest BCUT2D eigenvalue weighted by Gasteiger charge is 2.25. The minimum absolute atomic E-state index is 0.00173. The number of likely N-dealkylation sites (tertiary alicyclic amines) is 1. The first-order valence-electron chi connectivity index (χ1n) is 10.4. The van der Waals surface area contributed by atoms with Crippen molar-refractivity contribution in [3.05, 3.63) is 70.1 Å². The van der Waals surface area contributed by atoms with E-state index in [1.54, 1.807) is 18.2 Å². The highest BCUT2D eigenvalue weighted by Crippen LogP contribution is 2.25. The number of carbonyl (C=O) groups excluding carboxylic acids is 1. The Bertz CT molecular complexity index is 1250. The van der Waals surface area contributed by atoms with Crippen LogP contribution in [0.2, 0.25) is 10.0 Å². The van der Waals surface area contributed by atoms with Crippen molar-refractivity contribution in [1.82, 2.24) is 10.2 Å². The van der Waals surface area contributed by atoms with E-state index in [0.717, 1.165) is 48.2 Å². The number of hydrogen-bond donors (Lipinski definition) is 1. The van der Waals surface area contributed by atoms with Gasteiger partial charge >= 0.3 is 0 Å². The van der Waals surface area contributed by atoms with Crippen LogP contribution in [0.15, 0.2) is 57.4 Å². The van der Waals surface area contributed by atoms with E-state index in [4.69, 9.17) is 32.0 Å². The summed E-state index contributed by atoms with van der Waals surface area (Å²) in [6, 6.07) is 14.8. The molecule has 2 aromatic carbocycles.